The molecule has 1 aliphatic rings. The third-order valence-corrected chi connectivity index (χ3v) is 2.82. The molecule has 19 heavy (non-hydrogen) atoms. The van der Waals surface area contributed by atoms with Crippen molar-refractivity contribution in [1.29, 1.82) is 0 Å². The highest BCUT2D eigenvalue weighted by molar-refractivity contribution is 5.51. The lowest BCUT2D eigenvalue weighted by Crippen LogP contribution is -2.22. The van der Waals surface area contributed by atoms with Gasteiger partial charge in [0.05, 0.1) is 6.61 Å². The minimum Gasteiger partial charge on any atom is -0.493 e. The molecule has 0 saturated heterocycles. The zero-order chi connectivity index (χ0) is 13.7. The number of ether oxygens (including phenoxy) is 3. The van der Waals surface area contributed by atoms with Gasteiger partial charge in [-0.1, -0.05) is 13.8 Å². The van der Waals surface area contributed by atoms with Gasteiger partial charge in [-0.2, -0.15) is 0 Å². The maximum atomic E-state index is 8.81. The van der Waals surface area contributed by atoms with Gasteiger partial charge in [-0.25, -0.2) is 0 Å². The van der Waals surface area contributed by atoms with Crippen LogP contribution in [0.25, 0.3) is 0 Å². The second-order valence-corrected chi connectivity index (χ2v) is 4.77. The summed E-state index contributed by atoms with van der Waals surface area (Å²) in [6.45, 7) is 5.78. The number of aliphatic hydroxyl groups is 1. The summed E-state index contributed by atoms with van der Waals surface area (Å²) in [5.74, 6) is 2.26. The van der Waals surface area contributed by atoms with Gasteiger partial charge in [0, 0.05) is 37.2 Å². The van der Waals surface area contributed by atoms with Crippen molar-refractivity contribution in [2.75, 3.05) is 20.0 Å². The molecule has 1 aromatic carbocycles. The number of aliphatic hydroxyl groups excluding tert-OH is 1. The Morgan fingerprint density at radius 1 is 1.32 bits per heavy atom. The van der Waals surface area contributed by atoms with E-state index in [0.717, 1.165) is 17.1 Å². The third-order valence-electron chi connectivity index (χ3n) is 2.82. The molecule has 0 radical (unpaired) electrons. The number of benzene rings is 1. The normalized spacial score (nSPS) is 13.1. The lowest BCUT2D eigenvalue weighted by molar-refractivity contribution is 0.173. The molecule has 0 fully saturated rings. The maximum absolute atomic E-state index is 8.81. The van der Waals surface area contributed by atoms with Gasteiger partial charge in [0.2, 0.25) is 6.79 Å². The minimum absolute atomic E-state index is 0.129. The van der Waals surface area contributed by atoms with Gasteiger partial charge in [0.25, 0.3) is 0 Å². The van der Waals surface area contributed by atoms with Gasteiger partial charge in [0.15, 0.2) is 11.5 Å². The lowest BCUT2D eigenvalue weighted by atomic mass is 10.1. The van der Waals surface area contributed by atoms with E-state index in [2.05, 4.69) is 19.2 Å². The fourth-order valence-electron chi connectivity index (χ4n) is 1.80. The zero-order valence-electron chi connectivity index (χ0n) is 11.4. The fraction of sp³-hybridized carbons (Fsp3) is 0.571. The predicted octanol–water partition coefficient (Wildman–Crippen LogP) is 1.67. The van der Waals surface area contributed by atoms with E-state index in [4.69, 9.17) is 19.3 Å². The molecular formula is C14H21NO4. The summed E-state index contributed by atoms with van der Waals surface area (Å²) in [6, 6.07) is 4.21. The van der Waals surface area contributed by atoms with E-state index in [-0.39, 0.29) is 13.4 Å². The fourth-order valence-corrected chi connectivity index (χ4v) is 1.80. The van der Waals surface area contributed by atoms with Crippen LogP contribution in [0.4, 0.5) is 0 Å². The van der Waals surface area contributed by atoms with Crippen molar-refractivity contribution in [2.45, 2.75) is 32.9 Å². The number of fused-ring (bicyclic) bond motifs is 1. The second kappa shape index (κ2) is 6.63. The van der Waals surface area contributed by atoms with Gasteiger partial charge < -0.3 is 24.6 Å². The Bertz CT molecular complexity index is 420. The van der Waals surface area contributed by atoms with Crippen molar-refractivity contribution < 1.29 is 19.3 Å². The number of nitrogens with one attached hydrogen (secondary N) is 1. The molecule has 0 saturated carbocycles. The molecule has 106 valence electrons. The van der Waals surface area contributed by atoms with Crippen molar-refractivity contribution in [3.63, 3.8) is 0 Å². The van der Waals surface area contributed by atoms with Crippen molar-refractivity contribution >= 4 is 0 Å². The average molecular weight is 267 g/mol. The van der Waals surface area contributed by atoms with E-state index < -0.39 is 0 Å². The first-order valence-electron chi connectivity index (χ1n) is 6.60. The Morgan fingerprint density at radius 2 is 2.05 bits per heavy atom. The van der Waals surface area contributed by atoms with Crippen LogP contribution in [0.1, 0.15) is 25.8 Å². The van der Waals surface area contributed by atoms with Crippen LogP contribution in [-0.2, 0) is 6.54 Å². The van der Waals surface area contributed by atoms with Crippen LogP contribution >= 0.6 is 0 Å². The zero-order valence-corrected chi connectivity index (χ0v) is 11.4. The van der Waals surface area contributed by atoms with Crippen molar-refractivity contribution in [3.8, 4) is 17.2 Å². The first-order chi connectivity index (χ1) is 9.20. The van der Waals surface area contributed by atoms with E-state index in [1.807, 2.05) is 12.1 Å². The molecule has 2 N–H and O–H groups in total. The Labute approximate surface area is 113 Å². The first-order valence-corrected chi connectivity index (χ1v) is 6.60. The van der Waals surface area contributed by atoms with E-state index in [1.54, 1.807) is 0 Å². The topological polar surface area (TPSA) is 60.0 Å². The van der Waals surface area contributed by atoms with E-state index in [9.17, 15) is 0 Å². The van der Waals surface area contributed by atoms with Gasteiger partial charge >= 0.3 is 0 Å². The summed E-state index contributed by atoms with van der Waals surface area (Å²) in [7, 11) is 0. The summed E-state index contributed by atoms with van der Waals surface area (Å²) in [5, 5.41) is 12.2. The summed E-state index contributed by atoms with van der Waals surface area (Å²) >= 11 is 0. The van der Waals surface area contributed by atoms with Crippen molar-refractivity contribution in [2.24, 2.45) is 0 Å². The maximum Gasteiger partial charge on any atom is 0.231 e. The molecular weight excluding hydrogens is 246 g/mol. The van der Waals surface area contributed by atoms with E-state index >= 15 is 0 Å². The number of hydrogen-bond acceptors (Lipinski definition) is 5. The van der Waals surface area contributed by atoms with Crippen LogP contribution in [0, 0.1) is 0 Å². The first kappa shape index (κ1) is 14.0. The summed E-state index contributed by atoms with van der Waals surface area (Å²) < 4.78 is 16.4. The van der Waals surface area contributed by atoms with Crippen molar-refractivity contribution in [1.82, 2.24) is 5.32 Å². The molecule has 0 aromatic heterocycles. The Hall–Kier alpha value is -1.46. The Balaban J connectivity index is 2.12. The van der Waals surface area contributed by atoms with E-state index in [0.29, 0.717) is 31.4 Å². The molecule has 0 aliphatic carbocycles. The standard InChI is InChI=1S/C14H21NO4/c1-10(2)15-8-11-6-13-14(19-9-18-13)7-12(11)17-5-3-4-16/h6-7,10,15-16H,3-5,8-9H2,1-2H3. The smallest absolute Gasteiger partial charge is 0.231 e. The van der Waals surface area contributed by atoms with Gasteiger partial charge in [-0.15, -0.1) is 0 Å². The molecule has 0 bridgehead atoms. The molecule has 0 amide bonds. The van der Waals surface area contributed by atoms with Crippen LogP contribution in [0.3, 0.4) is 0 Å². The van der Waals surface area contributed by atoms with Crippen LogP contribution in [0.15, 0.2) is 12.1 Å². The minimum atomic E-state index is 0.129. The molecule has 0 unspecified atom stereocenters. The molecule has 2 rings (SSSR count). The Morgan fingerprint density at radius 3 is 2.74 bits per heavy atom. The van der Waals surface area contributed by atoms with Crippen LogP contribution in [0.2, 0.25) is 0 Å². The largest absolute Gasteiger partial charge is 0.493 e. The van der Waals surface area contributed by atoms with E-state index in [1.165, 1.54) is 0 Å². The molecule has 1 heterocycles. The Kier molecular flexibility index (Phi) is 4.87. The van der Waals surface area contributed by atoms with Crippen LogP contribution in [-0.4, -0.2) is 31.2 Å². The van der Waals surface area contributed by atoms with Gasteiger partial charge in [-0.3, -0.25) is 0 Å². The molecule has 5 heteroatoms. The van der Waals surface area contributed by atoms with Crippen molar-refractivity contribution in [3.05, 3.63) is 17.7 Å². The monoisotopic (exact) mass is 267 g/mol. The molecule has 1 aliphatic heterocycles. The number of hydrogen-bond donors (Lipinski definition) is 2. The second-order valence-electron chi connectivity index (χ2n) is 4.77. The summed E-state index contributed by atoms with van der Waals surface area (Å²) in [4.78, 5) is 0. The highest BCUT2D eigenvalue weighted by atomic mass is 16.7. The lowest BCUT2D eigenvalue weighted by Gasteiger charge is -2.14. The van der Waals surface area contributed by atoms with Crippen LogP contribution in [0.5, 0.6) is 17.2 Å². The average Bonchev–Trinajstić information content (AvgIpc) is 2.83. The van der Waals surface area contributed by atoms with Crippen LogP contribution < -0.4 is 19.5 Å². The quantitative estimate of drug-likeness (QED) is 0.736. The molecule has 0 spiro atoms. The molecule has 1 aromatic rings. The highest BCUT2D eigenvalue weighted by Gasteiger charge is 2.18. The molecule has 0 atom stereocenters. The summed E-state index contributed by atoms with van der Waals surface area (Å²) in [5.41, 5.74) is 1.04. The highest BCUT2D eigenvalue weighted by Crippen LogP contribution is 2.38. The van der Waals surface area contributed by atoms with Gasteiger partial charge in [0.1, 0.15) is 5.75 Å². The molecule has 5 nitrogen and oxygen atoms in total. The summed E-state index contributed by atoms with van der Waals surface area (Å²) in [6.07, 6.45) is 0.617. The van der Waals surface area contributed by atoms with Gasteiger partial charge in [-0.05, 0) is 6.07 Å². The third kappa shape index (κ3) is 3.75. The number of rotatable bonds is 7. The predicted molar refractivity (Wildman–Crippen MR) is 71.7 cm³/mol. The SMILES string of the molecule is CC(C)NCc1cc2c(cc1OCCCO)OCO2.